The summed E-state index contributed by atoms with van der Waals surface area (Å²) in [6.45, 7) is 3.00. The van der Waals surface area contributed by atoms with Crippen molar-refractivity contribution >= 4 is 34.7 Å². The molecule has 0 radical (unpaired) electrons. The van der Waals surface area contributed by atoms with Crippen LogP contribution >= 0.6 is 23.7 Å². The van der Waals surface area contributed by atoms with E-state index in [0.29, 0.717) is 4.88 Å². The Morgan fingerprint density at radius 3 is 2.89 bits per heavy atom. The van der Waals surface area contributed by atoms with Gasteiger partial charge in [0.2, 0.25) is 0 Å². The third-order valence-corrected chi connectivity index (χ3v) is 4.11. The fourth-order valence-electron chi connectivity index (χ4n) is 2.03. The van der Waals surface area contributed by atoms with Gasteiger partial charge in [-0.25, -0.2) is 0 Å². The van der Waals surface area contributed by atoms with Crippen LogP contribution in [0.1, 0.15) is 29.4 Å². The molecule has 6 nitrogen and oxygen atoms in total. The molecule has 2 unspecified atom stereocenters. The van der Waals surface area contributed by atoms with E-state index in [1.807, 2.05) is 6.92 Å². The van der Waals surface area contributed by atoms with Gasteiger partial charge in [0.1, 0.15) is 0 Å². The maximum absolute atomic E-state index is 11.9. The lowest BCUT2D eigenvalue weighted by Gasteiger charge is -2.30. The smallest absolute Gasteiger partial charge is 0.324 e. The molecule has 1 fully saturated rings. The minimum absolute atomic E-state index is 0. The quantitative estimate of drug-likeness (QED) is 0.660. The molecule has 2 N–H and O–H groups in total. The zero-order valence-electron chi connectivity index (χ0n) is 10.4. The molecule has 2 heterocycles. The molecule has 0 aromatic carbocycles. The number of carbonyl (C=O) groups is 1. The third kappa shape index (κ3) is 3.89. The summed E-state index contributed by atoms with van der Waals surface area (Å²) in [4.78, 5) is 22.4. The van der Waals surface area contributed by atoms with E-state index in [2.05, 4.69) is 10.6 Å². The highest BCUT2D eigenvalue weighted by Crippen LogP contribution is 2.24. The van der Waals surface area contributed by atoms with Crippen LogP contribution in [-0.4, -0.2) is 29.5 Å². The highest BCUT2D eigenvalue weighted by Gasteiger charge is 2.24. The van der Waals surface area contributed by atoms with Crippen LogP contribution in [0.5, 0.6) is 0 Å². The fraction of sp³-hybridized carbons (Fsp3) is 0.545. The number of halogens is 1. The molecule has 1 aromatic heterocycles. The Hall–Kier alpha value is -1.18. The molecule has 2 atom stereocenters. The number of nitrogens with one attached hydrogen (secondary N) is 2. The first kappa shape index (κ1) is 15.9. The van der Waals surface area contributed by atoms with E-state index in [1.54, 1.807) is 0 Å². The zero-order chi connectivity index (χ0) is 13.1. The van der Waals surface area contributed by atoms with Crippen molar-refractivity contribution in [1.82, 2.24) is 10.6 Å². The number of piperidine rings is 1. The first-order valence-electron chi connectivity index (χ1n) is 5.86. The molecule has 1 aliphatic rings. The number of carbonyl (C=O) groups excluding carboxylic acids is 1. The molecule has 0 aliphatic carbocycles. The number of nitro groups is 1. The average molecular weight is 306 g/mol. The monoisotopic (exact) mass is 305 g/mol. The van der Waals surface area contributed by atoms with E-state index >= 15 is 0 Å². The first-order chi connectivity index (χ1) is 8.58. The minimum Gasteiger partial charge on any atom is -0.347 e. The summed E-state index contributed by atoms with van der Waals surface area (Å²) in [5.41, 5.74) is 0. The van der Waals surface area contributed by atoms with E-state index in [9.17, 15) is 14.9 Å². The van der Waals surface area contributed by atoms with E-state index < -0.39 is 4.92 Å². The zero-order valence-corrected chi connectivity index (χ0v) is 12.1. The molecule has 19 heavy (non-hydrogen) atoms. The van der Waals surface area contributed by atoms with Crippen molar-refractivity contribution in [3.63, 3.8) is 0 Å². The normalized spacial score (nSPS) is 22.4. The average Bonchev–Trinajstić information content (AvgIpc) is 2.81. The van der Waals surface area contributed by atoms with E-state index in [-0.39, 0.29) is 35.4 Å². The lowest BCUT2D eigenvalue weighted by atomic mass is 10.00. The van der Waals surface area contributed by atoms with E-state index in [1.165, 1.54) is 12.1 Å². The molecular weight excluding hydrogens is 290 g/mol. The van der Waals surface area contributed by atoms with Gasteiger partial charge in [-0.2, -0.15) is 0 Å². The topological polar surface area (TPSA) is 84.3 Å². The standard InChI is InChI=1S/C11H15N3O3S.ClH/c1-7-8(3-2-6-12-7)13-11(15)9-4-5-10(18-9)14(16)17;/h4-5,7-8,12H,2-3,6H2,1H3,(H,13,15);1H. The SMILES string of the molecule is CC1NCCCC1NC(=O)c1ccc([N+](=O)[O-])s1.Cl. The Labute approximate surface area is 121 Å². The van der Waals surface area contributed by atoms with Gasteiger partial charge < -0.3 is 10.6 Å². The summed E-state index contributed by atoms with van der Waals surface area (Å²) in [5.74, 6) is -0.228. The van der Waals surface area contributed by atoms with Crippen molar-refractivity contribution < 1.29 is 9.72 Å². The van der Waals surface area contributed by atoms with Crippen molar-refractivity contribution in [3.05, 3.63) is 27.1 Å². The summed E-state index contributed by atoms with van der Waals surface area (Å²) < 4.78 is 0. The molecule has 0 spiro atoms. The predicted molar refractivity (Wildman–Crippen MR) is 76.2 cm³/mol. The Kier molecular flexibility index (Phi) is 5.71. The highest BCUT2D eigenvalue weighted by atomic mass is 35.5. The summed E-state index contributed by atoms with van der Waals surface area (Å²) in [6, 6.07) is 3.19. The van der Waals surface area contributed by atoms with Crippen LogP contribution in [0.3, 0.4) is 0 Å². The summed E-state index contributed by atoms with van der Waals surface area (Å²) in [7, 11) is 0. The van der Waals surface area contributed by atoms with Crippen LogP contribution in [0, 0.1) is 10.1 Å². The van der Waals surface area contributed by atoms with Crippen LogP contribution in [-0.2, 0) is 0 Å². The summed E-state index contributed by atoms with van der Waals surface area (Å²) in [6.07, 6.45) is 1.97. The lowest BCUT2D eigenvalue weighted by Crippen LogP contribution is -2.51. The molecule has 2 rings (SSSR count). The fourth-order valence-corrected chi connectivity index (χ4v) is 2.75. The van der Waals surface area contributed by atoms with Gasteiger partial charge >= 0.3 is 5.00 Å². The van der Waals surface area contributed by atoms with Gasteiger partial charge in [0.05, 0.1) is 9.80 Å². The Balaban J connectivity index is 0.00000180. The summed E-state index contributed by atoms with van der Waals surface area (Å²) in [5, 5.41) is 16.8. The number of rotatable bonds is 3. The van der Waals surface area contributed by atoms with Gasteiger partial charge in [-0.1, -0.05) is 11.3 Å². The van der Waals surface area contributed by atoms with Crippen molar-refractivity contribution in [2.75, 3.05) is 6.54 Å². The Morgan fingerprint density at radius 2 is 2.32 bits per heavy atom. The van der Waals surface area contributed by atoms with Gasteiger partial charge in [0, 0.05) is 18.2 Å². The van der Waals surface area contributed by atoms with Crippen molar-refractivity contribution in [2.24, 2.45) is 0 Å². The highest BCUT2D eigenvalue weighted by molar-refractivity contribution is 7.17. The number of hydrogen-bond acceptors (Lipinski definition) is 5. The van der Waals surface area contributed by atoms with Gasteiger partial charge in [-0.3, -0.25) is 14.9 Å². The van der Waals surface area contributed by atoms with Gasteiger partial charge in [0.15, 0.2) is 0 Å². The van der Waals surface area contributed by atoms with Crippen LogP contribution in [0.25, 0.3) is 0 Å². The minimum atomic E-state index is -0.480. The third-order valence-electron chi connectivity index (χ3n) is 3.07. The second kappa shape index (κ2) is 6.83. The van der Waals surface area contributed by atoms with Gasteiger partial charge in [-0.15, -0.1) is 12.4 Å². The molecule has 8 heteroatoms. The van der Waals surface area contributed by atoms with Gasteiger partial charge in [-0.05, 0) is 32.4 Å². The Morgan fingerprint density at radius 1 is 1.58 bits per heavy atom. The predicted octanol–water partition coefficient (Wildman–Crippen LogP) is 1.95. The molecule has 106 valence electrons. The number of nitrogens with zero attached hydrogens (tertiary/aromatic N) is 1. The first-order valence-corrected chi connectivity index (χ1v) is 6.68. The second-order valence-corrected chi connectivity index (χ2v) is 5.42. The molecule has 1 aromatic rings. The lowest BCUT2D eigenvalue weighted by molar-refractivity contribution is -0.380. The summed E-state index contributed by atoms with van der Waals surface area (Å²) >= 11 is 0.907. The van der Waals surface area contributed by atoms with E-state index in [4.69, 9.17) is 0 Å². The van der Waals surface area contributed by atoms with Gasteiger partial charge in [0.25, 0.3) is 5.91 Å². The second-order valence-electron chi connectivity index (χ2n) is 4.36. The molecule has 1 amide bonds. The van der Waals surface area contributed by atoms with Crippen LogP contribution in [0.15, 0.2) is 12.1 Å². The molecule has 0 saturated carbocycles. The number of amides is 1. The van der Waals surface area contributed by atoms with Crippen molar-refractivity contribution in [1.29, 1.82) is 0 Å². The largest absolute Gasteiger partial charge is 0.347 e. The maximum atomic E-state index is 11.9. The molecule has 0 bridgehead atoms. The van der Waals surface area contributed by atoms with Crippen molar-refractivity contribution in [3.8, 4) is 0 Å². The maximum Gasteiger partial charge on any atom is 0.324 e. The molecular formula is C11H16ClN3O3S. The van der Waals surface area contributed by atoms with Crippen LogP contribution in [0.4, 0.5) is 5.00 Å². The molecule has 1 aliphatic heterocycles. The molecule has 1 saturated heterocycles. The number of thiophene rings is 1. The Bertz CT molecular complexity index is 466. The van der Waals surface area contributed by atoms with E-state index in [0.717, 1.165) is 30.7 Å². The van der Waals surface area contributed by atoms with Crippen LogP contribution < -0.4 is 10.6 Å². The van der Waals surface area contributed by atoms with Crippen LogP contribution in [0.2, 0.25) is 0 Å². The van der Waals surface area contributed by atoms with Crippen molar-refractivity contribution in [2.45, 2.75) is 31.8 Å². The number of hydrogen-bond donors (Lipinski definition) is 2.